The molecular formula is C7H6INO. The third-order valence-corrected chi connectivity index (χ3v) is 1.22. The summed E-state index contributed by atoms with van der Waals surface area (Å²) in [5, 5.41) is 0. The topological polar surface area (TPSA) is 43.1 Å². The van der Waals surface area contributed by atoms with E-state index < -0.39 is 0 Å². The van der Waals surface area contributed by atoms with E-state index in [1.54, 1.807) is 0 Å². The minimum absolute atomic E-state index is 0.363. The van der Waals surface area contributed by atoms with Crippen LogP contribution in [0.5, 0.6) is 0 Å². The van der Waals surface area contributed by atoms with Crippen LogP contribution in [0.1, 0.15) is 0 Å². The maximum Gasteiger partial charge on any atom is 0.278 e. The highest BCUT2D eigenvalue weighted by Crippen LogP contribution is 2.29. The van der Waals surface area contributed by atoms with Crippen molar-refractivity contribution < 1.29 is 4.79 Å². The first-order valence-corrected chi connectivity index (χ1v) is 3.83. The number of nitrogens with two attached hydrogens (primary N) is 1. The van der Waals surface area contributed by atoms with E-state index in [1.807, 2.05) is 0 Å². The monoisotopic (exact) mass is 247 g/mol. The Bertz CT molecular complexity index is 217. The molecule has 0 aromatic carbocycles. The van der Waals surface area contributed by atoms with Crippen LogP contribution in [0.25, 0.3) is 11.1 Å². The Morgan fingerprint density at radius 3 is 1.40 bits per heavy atom. The first kappa shape index (κ1) is 7.53. The number of fused-ring (bicyclic) bond motifs is 1. The lowest BCUT2D eigenvalue weighted by Gasteiger charge is -2.10. The third kappa shape index (κ3) is 1.70. The van der Waals surface area contributed by atoms with E-state index in [4.69, 9.17) is 0 Å². The Kier molecular flexibility index (Phi) is 2.26. The van der Waals surface area contributed by atoms with E-state index in [-0.39, 0.29) is 3.91 Å². The fourth-order valence-corrected chi connectivity index (χ4v) is 0.663. The van der Waals surface area contributed by atoms with E-state index in [0.29, 0.717) is 0 Å². The second-order valence-corrected chi connectivity index (χ2v) is 2.94. The molecule has 0 aromatic rings. The summed E-state index contributed by atoms with van der Waals surface area (Å²) < 4.78 is -0.363. The zero-order chi connectivity index (χ0) is 7.56. The first-order valence-electron chi connectivity index (χ1n) is 2.75. The van der Waals surface area contributed by atoms with Crippen molar-refractivity contribution in [3.05, 3.63) is 24.3 Å². The van der Waals surface area contributed by atoms with Gasteiger partial charge >= 0.3 is 0 Å². The smallest absolute Gasteiger partial charge is 0.278 e. The standard InChI is InChI=1S/C6H4.CH2INO/c1-2-6-4-3-5(1)6;2-1(3)4/h1-4H;(H2,3,4). The van der Waals surface area contributed by atoms with Crippen molar-refractivity contribution in [1.82, 2.24) is 0 Å². The molecular weight excluding hydrogens is 241 g/mol. The number of hydrogen-bond donors (Lipinski definition) is 1. The predicted molar refractivity (Wildman–Crippen MR) is 49.0 cm³/mol. The van der Waals surface area contributed by atoms with Crippen molar-refractivity contribution in [3.63, 3.8) is 0 Å². The summed E-state index contributed by atoms with van der Waals surface area (Å²) in [4.78, 5) is 9.21. The maximum absolute atomic E-state index is 9.21. The lowest BCUT2D eigenvalue weighted by atomic mass is 9.95. The Morgan fingerprint density at radius 2 is 1.40 bits per heavy atom. The van der Waals surface area contributed by atoms with Crippen LogP contribution in [0, 0.1) is 0 Å². The van der Waals surface area contributed by atoms with Crippen LogP contribution in [0.15, 0.2) is 24.3 Å². The van der Waals surface area contributed by atoms with Gasteiger partial charge in [-0.2, -0.15) is 0 Å². The molecule has 0 spiro atoms. The van der Waals surface area contributed by atoms with Crippen molar-refractivity contribution in [2.45, 2.75) is 0 Å². The fourth-order valence-electron chi connectivity index (χ4n) is 0.663. The molecule has 0 fully saturated rings. The number of carbonyl (C=O) groups excluding carboxylic acids is 1. The SMILES string of the molecule is NC(=O)I.c1cc2ccc1-2. The summed E-state index contributed by atoms with van der Waals surface area (Å²) in [7, 11) is 0. The van der Waals surface area contributed by atoms with Crippen molar-refractivity contribution in [2.24, 2.45) is 5.73 Å². The maximum atomic E-state index is 9.21. The second kappa shape index (κ2) is 3.01. The second-order valence-electron chi connectivity index (χ2n) is 1.88. The minimum Gasteiger partial charge on any atom is -0.361 e. The van der Waals surface area contributed by atoms with Crippen LogP contribution in [-0.4, -0.2) is 3.91 Å². The molecule has 0 aromatic heterocycles. The zero-order valence-corrected chi connectivity index (χ0v) is 7.33. The Morgan fingerprint density at radius 1 is 1.20 bits per heavy atom. The van der Waals surface area contributed by atoms with E-state index >= 15 is 0 Å². The van der Waals surface area contributed by atoms with Gasteiger partial charge < -0.3 is 5.73 Å². The van der Waals surface area contributed by atoms with Crippen molar-refractivity contribution in [3.8, 4) is 11.1 Å². The van der Waals surface area contributed by atoms with Gasteiger partial charge in [0.2, 0.25) is 0 Å². The summed E-state index contributed by atoms with van der Waals surface area (Å²) >= 11 is 1.48. The first-order chi connectivity index (χ1) is 4.70. The number of amides is 1. The normalized spacial score (nSPS) is 9.30. The van der Waals surface area contributed by atoms with E-state index in [1.165, 1.54) is 33.7 Å². The summed E-state index contributed by atoms with van der Waals surface area (Å²) in [5.41, 5.74) is 7.31. The molecule has 0 unspecified atom stereocenters. The van der Waals surface area contributed by atoms with Crippen LogP contribution in [0.2, 0.25) is 0 Å². The summed E-state index contributed by atoms with van der Waals surface area (Å²) in [6.07, 6.45) is 0. The molecule has 0 bridgehead atoms. The van der Waals surface area contributed by atoms with Gasteiger partial charge in [-0.3, -0.25) is 4.79 Å². The van der Waals surface area contributed by atoms with Crippen LogP contribution in [0.4, 0.5) is 4.79 Å². The van der Waals surface area contributed by atoms with Crippen LogP contribution < -0.4 is 5.73 Å². The van der Waals surface area contributed by atoms with Crippen molar-refractivity contribution in [2.75, 3.05) is 0 Å². The number of carbonyl (C=O) groups is 1. The van der Waals surface area contributed by atoms with Gasteiger partial charge in [-0.1, -0.05) is 24.3 Å². The summed E-state index contributed by atoms with van der Waals surface area (Å²) in [5.74, 6) is 0. The molecule has 2 aliphatic rings. The number of benzene rings is 1. The number of rotatable bonds is 0. The van der Waals surface area contributed by atoms with Crippen molar-refractivity contribution in [1.29, 1.82) is 0 Å². The van der Waals surface area contributed by atoms with Gasteiger partial charge in [0.25, 0.3) is 3.91 Å². The fraction of sp³-hybridized carbons (Fsp3) is 0. The molecule has 0 saturated heterocycles. The molecule has 1 amide bonds. The summed E-state index contributed by atoms with van der Waals surface area (Å²) in [6.45, 7) is 0. The molecule has 52 valence electrons. The number of halogens is 1. The molecule has 3 heteroatoms. The van der Waals surface area contributed by atoms with Gasteiger partial charge in [-0.15, -0.1) is 0 Å². The molecule has 2 nitrogen and oxygen atoms in total. The van der Waals surface area contributed by atoms with Crippen LogP contribution >= 0.6 is 22.6 Å². The van der Waals surface area contributed by atoms with Gasteiger partial charge in [0.05, 0.1) is 0 Å². The van der Waals surface area contributed by atoms with Gasteiger partial charge in [0.1, 0.15) is 0 Å². The molecule has 0 atom stereocenters. The lowest BCUT2D eigenvalue weighted by molar-refractivity contribution is 0.269. The molecule has 0 saturated carbocycles. The van der Waals surface area contributed by atoms with Gasteiger partial charge in [0.15, 0.2) is 0 Å². The molecule has 2 N–H and O–H groups in total. The average Bonchev–Trinajstić information content (AvgIpc) is 1.77. The average molecular weight is 247 g/mol. The molecule has 0 heterocycles. The molecule has 2 aliphatic carbocycles. The summed E-state index contributed by atoms with van der Waals surface area (Å²) in [6, 6.07) is 8.48. The highest BCUT2D eigenvalue weighted by molar-refractivity contribution is 14.1. The largest absolute Gasteiger partial charge is 0.361 e. The third-order valence-electron chi connectivity index (χ3n) is 1.22. The molecule has 2 rings (SSSR count). The molecule has 10 heavy (non-hydrogen) atoms. The van der Waals surface area contributed by atoms with Gasteiger partial charge in [-0.25, -0.2) is 0 Å². The quantitative estimate of drug-likeness (QED) is 0.432. The minimum atomic E-state index is -0.363. The number of hydrogen-bond acceptors (Lipinski definition) is 1. The lowest BCUT2D eigenvalue weighted by Crippen LogP contribution is -1.93. The van der Waals surface area contributed by atoms with E-state index in [0.717, 1.165) is 0 Å². The molecule has 0 aliphatic heterocycles. The Labute approximate surface area is 72.6 Å². The number of primary amides is 1. The van der Waals surface area contributed by atoms with Crippen LogP contribution in [0.3, 0.4) is 0 Å². The van der Waals surface area contributed by atoms with E-state index in [9.17, 15) is 4.79 Å². The predicted octanol–water partition coefficient (Wildman–Crippen LogP) is 2.17. The van der Waals surface area contributed by atoms with E-state index in [2.05, 4.69) is 30.0 Å². The van der Waals surface area contributed by atoms with Crippen LogP contribution in [-0.2, 0) is 0 Å². The zero-order valence-electron chi connectivity index (χ0n) is 5.17. The van der Waals surface area contributed by atoms with Gasteiger partial charge in [0, 0.05) is 22.6 Å². The highest BCUT2D eigenvalue weighted by atomic mass is 127. The highest BCUT2D eigenvalue weighted by Gasteiger charge is 2.03. The van der Waals surface area contributed by atoms with Crippen molar-refractivity contribution >= 4 is 26.5 Å². The molecule has 0 radical (unpaired) electrons. The van der Waals surface area contributed by atoms with Gasteiger partial charge in [-0.05, 0) is 11.1 Å². The Hall–Kier alpha value is -0.580. The Balaban J connectivity index is 0.000000112.